The molecule has 0 aliphatic carbocycles. The van der Waals surface area contributed by atoms with E-state index < -0.39 is 14.9 Å². The lowest BCUT2D eigenvalue weighted by Crippen LogP contribution is -2.46. The van der Waals surface area contributed by atoms with Crippen LogP contribution >= 0.6 is 0 Å². The van der Waals surface area contributed by atoms with E-state index in [1.807, 2.05) is 11.8 Å². The predicted octanol–water partition coefficient (Wildman–Crippen LogP) is 2.98. The third-order valence-corrected chi connectivity index (χ3v) is 7.50. The second kappa shape index (κ2) is 8.34. The quantitative estimate of drug-likeness (QED) is 0.516. The molecular formula is C22H24N4O5S. The fourth-order valence-corrected chi connectivity index (χ4v) is 5.52. The third-order valence-electron chi connectivity index (χ3n) is 6.17. The van der Waals surface area contributed by atoms with Gasteiger partial charge in [0.1, 0.15) is 4.90 Å². The number of carbonyl (C=O) groups is 1. The number of likely N-dealkylation sites (tertiary alicyclic amines) is 1. The van der Waals surface area contributed by atoms with Crippen LogP contribution < -0.4 is 0 Å². The number of piperidine rings is 1. The lowest BCUT2D eigenvalue weighted by molar-refractivity contribution is -0.384. The molecule has 2 atom stereocenters. The zero-order chi connectivity index (χ0) is 23.0. The molecule has 0 N–H and O–H groups in total. The molecule has 1 amide bonds. The molecule has 2 aliphatic rings. The van der Waals surface area contributed by atoms with Crippen molar-refractivity contribution < 1.29 is 18.1 Å². The highest BCUT2D eigenvalue weighted by Crippen LogP contribution is 2.31. The highest BCUT2D eigenvalue weighted by Gasteiger charge is 2.36. The Kier molecular flexibility index (Phi) is 5.72. The summed E-state index contributed by atoms with van der Waals surface area (Å²) < 4.78 is 28.8. The molecule has 2 unspecified atom stereocenters. The number of sulfonamides is 1. The molecule has 2 aliphatic heterocycles. The number of hydrogen-bond acceptors (Lipinski definition) is 6. The van der Waals surface area contributed by atoms with Gasteiger partial charge in [-0.15, -0.1) is 4.40 Å². The van der Waals surface area contributed by atoms with E-state index in [9.17, 15) is 23.3 Å². The Morgan fingerprint density at radius 3 is 2.75 bits per heavy atom. The van der Waals surface area contributed by atoms with Gasteiger partial charge in [-0.05, 0) is 37.5 Å². The Morgan fingerprint density at radius 2 is 2.00 bits per heavy atom. The van der Waals surface area contributed by atoms with Gasteiger partial charge in [-0.1, -0.05) is 24.3 Å². The lowest BCUT2D eigenvalue weighted by Gasteiger charge is -2.36. The van der Waals surface area contributed by atoms with Crippen molar-refractivity contribution in [3.8, 4) is 0 Å². The van der Waals surface area contributed by atoms with Crippen LogP contribution in [-0.4, -0.2) is 55.0 Å². The van der Waals surface area contributed by atoms with Crippen LogP contribution in [0.25, 0.3) is 0 Å². The van der Waals surface area contributed by atoms with Crippen LogP contribution in [0.1, 0.15) is 36.9 Å². The molecule has 4 rings (SSSR count). The minimum absolute atomic E-state index is 0.0156. The van der Waals surface area contributed by atoms with E-state index >= 15 is 0 Å². The maximum Gasteiger partial charge on any atom is 0.285 e. The maximum absolute atomic E-state index is 13.3. The van der Waals surface area contributed by atoms with Gasteiger partial charge in [-0.3, -0.25) is 14.9 Å². The smallest absolute Gasteiger partial charge is 0.285 e. The largest absolute Gasteiger partial charge is 0.355 e. The molecule has 10 heteroatoms. The molecule has 2 heterocycles. The molecule has 0 radical (unpaired) electrons. The molecule has 2 aromatic carbocycles. The molecule has 1 saturated heterocycles. The number of hydrogen-bond donors (Lipinski definition) is 0. The van der Waals surface area contributed by atoms with Crippen molar-refractivity contribution >= 4 is 27.5 Å². The van der Waals surface area contributed by atoms with E-state index in [-0.39, 0.29) is 28.4 Å². The van der Waals surface area contributed by atoms with Crippen molar-refractivity contribution in [2.45, 2.75) is 30.7 Å². The Labute approximate surface area is 186 Å². The van der Waals surface area contributed by atoms with E-state index in [4.69, 9.17) is 0 Å². The average molecular weight is 457 g/mol. The van der Waals surface area contributed by atoms with Gasteiger partial charge in [0.25, 0.3) is 15.7 Å². The van der Waals surface area contributed by atoms with Crippen LogP contribution in [0.2, 0.25) is 0 Å². The van der Waals surface area contributed by atoms with Gasteiger partial charge in [-0.25, -0.2) is 0 Å². The number of amides is 1. The summed E-state index contributed by atoms with van der Waals surface area (Å²) in [6.07, 6.45) is 1.42. The summed E-state index contributed by atoms with van der Waals surface area (Å²) in [4.78, 5) is 27.6. The first kappa shape index (κ1) is 21.9. The molecule has 2 aromatic rings. The minimum atomic E-state index is -3.72. The second-order valence-electron chi connectivity index (χ2n) is 8.15. The topological polar surface area (TPSA) is 113 Å². The summed E-state index contributed by atoms with van der Waals surface area (Å²) in [5.74, 6) is -0.0102. The van der Waals surface area contributed by atoms with E-state index in [2.05, 4.69) is 4.40 Å². The summed E-state index contributed by atoms with van der Waals surface area (Å²) in [5.41, 5.74) is 1.24. The van der Waals surface area contributed by atoms with Crippen LogP contribution in [0, 0.1) is 16.0 Å². The SMILES string of the molecule is CC(c1cccc([N+](=O)[O-])c1)N(C)C(=O)C1CCCN(C2=NS(=O)(=O)c3ccccc32)C1. The highest BCUT2D eigenvalue weighted by molar-refractivity contribution is 7.90. The Morgan fingerprint density at radius 1 is 1.25 bits per heavy atom. The van der Waals surface area contributed by atoms with Crippen molar-refractivity contribution in [1.29, 1.82) is 0 Å². The van der Waals surface area contributed by atoms with Crippen molar-refractivity contribution in [3.63, 3.8) is 0 Å². The molecule has 1 fully saturated rings. The van der Waals surface area contributed by atoms with Gasteiger partial charge >= 0.3 is 0 Å². The molecule has 0 saturated carbocycles. The van der Waals surface area contributed by atoms with Crippen molar-refractivity contribution in [2.75, 3.05) is 20.1 Å². The fraction of sp³-hybridized carbons (Fsp3) is 0.364. The summed E-state index contributed by atoms with van der Waals surface area (Å²) in [6, 6.07) is 12.7. The highest BCUT2D eigenvalue weighted by atomic mass is 32.2. The van der Waals surface area contributed by atoms with E-state index in [0.717, 1.165) is 6.42 Å². The van der Waals surface area contributed by atoms with Gasteiger partial charge < -0.3 is 9.80 Å². The normalized spacial score (nSPS) is 20.2. The Balaban J connectivity index is 1.52. The third kappa shape index (κ3) is 3.97. The molecular weight excluding hydrogens is 432 g/mol. The predicted molar refractivity (Wildman–Crippen MR) is 119 cm³/mol. The standard InChI is InChI=1S/C22H24N4O5S/c1-15(16-7-5-9-18(13-16)26(28)29)24(2)22(27)17-8-6-12-25(14-17)21-19-10-3-4-11-20(19)32(30,31)23-21/h3-5,7,9-11,13,15,17H,6,8,12,14H2,1-2H3. The molecule has 32 heavy (non-hydrogen) atoms. The first-order chi connectivity index (χ1) is 15.2. The Hall–Kier alpha value is -3.27. The number of nitro groups is 1. The van der Waals surface area contributed by atoms with Crippen LogP contribution in [0.4, 0.5) is 5.69 Å². The van der Waals surface area contributed by atoms with Crippen molar-refractivity contribution in [1.82, 2.24) is 9.80 Å². The number of nitrogens with zero attached hydrogens (tertiary/aromatic N) is 4. The molecule has 0 bridgehead atoms. The summed E-state index contributed by atoms with van der Waals surface area (Å²) >= 11 is 0. The van der Waals surface area contributed by atoms with Crippen LogP contribution in [0.15, 0.2) is 57.8 Å². The van der Waals surface area contributed by atoms with Gasteiger partial charge in [0.2, 0.25) is 5.91 Å². The van der Waals surface area contributed by atoms with Gasteiger partial charge in [-0.2, -0.15) is 8.42 Å². The summed E-state index contributed by atoms with van der Waals surface area (Å²) in [6.45, 7) is 2.82. The number of rotatable bonds is 4. The molecule has 9 nitrogen and oxygen atoms in total. The van der Waals surface area contributed by atoms with Crippen LogP contribution in [0.3, 0.4) is 0 Å². The van der Waals surface area contributed by atoms with E-state index in [0.29, 0.717) is 36.5 Å². The van der Waals surface area contributed by atoms with Gasteiger partial charge in [0.15, 0.2) is 5.84 Å². The number of amidine groups is 1. The monoisotopic (exact) mass is 456 g/mol. The fourth-order valence-electron chi connectivity index (χ4n) is 4.29. The summed E-state index contributed by atoms with van der Waals surface area (Å²) in [7, 11) is -2.03. The zero-order valence-electron chi connectivity index (χ0n) is 17.8. The molecule has 0 aromatic heterocycles. The first-order valence-electron chi connectivity index (χ1n) is 10.4. The zero-order valence-corrected chi connectivity index (χ0v) is 18.7. The van der Waals surface area contributed by atoms with Crippen LogP contribution in [-0.2, 0) is 14.8 Å². The van der Waals surface area contributed by atoms with E-state index in [1.165, 1.54) is 12.1 Å². The first-order valence-corrected chi connectivity index (χ1v) is 11.8. The number of carbonyl (C=O) groups excluding carboxylic acids is 1. The van der Waals surface area contributed by atoms with Gasteiger partial charge in [0, 0.05) is 37.8 Å². The average Bonchev–Trinajstić information content (AvgIpc) is 3.09. The Bertz CT molecular complexity index is 1210. The van der Waals surface area contributed by atoms with Gasteiger partial charge in [0.05, 0.1) is 16.9 Å². The second-order valence-corrected chi connectivity index (χ2v) is 9.72. The lowest BCUT2D eigenvalue weighted by atomic mass is 9.94. The number of nitro benzene ring substituents is 1. The van der Waals surface area contributed by atoms with Crippen LogP contribution in [0.5, 0.6) is 0 Å². The molecule has 168 valence electrons. The number of benzene rings is 2. The van der Waals surface area contributed by atoms with Crippen molar-refractivity contribution in [3.05, 3.63) is 69.8 Å². The maximum atomic E-state index is 13.3. The van der Waals surface area contributed by atoms with E-state index in [1.54, 1.807) is 48.3 Å². The number of non-ortho nitro benzene ring substituents is 1. The summed E-state index contributed by atoms with van der Waals surface area (Å²) in [5, 5.41) is 11.1. The van der Waals surface area contributed by atoms with Crippen molar-refractivity contribution in [2.24, 2.45) is 10.3 Å². The minimum Gasteiger partial charge on any atom is -0.355 e. The number of fused-ring (bicyclic) bond motifs is 1. The molecule has 0 spiro atoms.